The van der Waals surface area contributed by atoms with Crippen molar-refractivity contribution in [1.29, 1.82) is 0 Å². The van der Waals surface area contributed by atoms with Gasteiger partial charge in [0.15, 0.2) is 0 Å². The third-order valence-corrected chi connectivity index (χ3v) is 2.70. The van der Waals surface area contributed by atoms with Crippen LogP contribution in [-0.4, -0.2) is 23.7 Å². The first-order valence-electron chi connectivity index (χ1n) is 5.18. The Morgan fingerprint density at radius 1 is 1.53 bits per heavy atom. The van der Waals surface area contributed by atoms with Gasteiger partial charge >= 0.3 is 0 Å². The standard InChI is InChI=1S/C11H17N3O/c1-8-3-4-9(12)10(13-8)14-11(2)5-6-15-7-11/h3-4H,5-7,12H2,1-2H3,(H,13,14). The van der Waals surface area contributed by atoms with Gasteiger partial charge in [-0.2, -0.15) is 0 Å². The van der Waals surface area contributed by atoms with Gasteiger partial charge < -0.3 is 15.8 Å². The van der Waals surface area contributed by atoms with Crippen molar-refractivity contribution in [2.75, 3.05) is 24.3 Å². The highest BCUT2D eigenvalue weighted by molar-refractivity contribution is 5.62. The zero-order chi connectivity index (χ0) is 10.9. The summed E-state index contributed by atoms with van der Waals surface area (Å²) >= 11 is 0. The van der Waals surface area contributed by atoms with Crippen LogP contribution in [0.1, 0.15) is 19.0 Å². The number of nitrogen functional groups attached to an aromatic ring is 1. The number of aryl methyl sites for hydroxylation is 1. The minimum atomic E-state index is -0.0328. The van der Waals surface area contributed by atoms with Gasteiger partial charge in [-0.1, -0.05) is 0 Å². The Morgan fingerprint density at radius 3 is 3.00 bits per heavy atom. The number of nitrogens with two attached hydrogens (primary N) is 1. The lowest BCUT2D eigenvalue weighted by molar-refractivity contribution is 0.185. The summed E-state index contributed by atoms with van der Waals surface area (Å²) in [6.45, 7) is 5.60. The first-order chi connectivity index (χ1) is 7.09. The number of nitrogens with one attached hydrogen (secondary N) is 1. The molecule has 4 heteroatoms. The molecule has 4 nitrogen and oxygen atoms in total. The first-order valence-corrected chi connectivity index (χ1v) is 5.18. The van der Waals surface area contributed by atoms with E-state index in [0.717, 1.165) is 24.5 Å². The first kappa shape index (κ1) is 10.2. The smallest absolute Gasteiger partial charge is 0.149 e. The molecule has 1 aromatic rings. The molecule has 0 aliphatic carbocycles. The Balaban J connectivity index is 2.19. The summed E-state index contributed by atoms with van der Waals surface area (Å²) in [5.41, 5.74) is 7.48. The maximum Gasteiger partial charge on any atom is 0.149 e. The van der Waals surface area contributed by atoms with Crippen LogP contribution < -0.4 is 11.1 Å². The molecule has 0 bridgehead atoms. The van der Waals surface area contributed by atoms with E-state index in [-0.39, 0.29) is 5.54 Å². The second-order valence-corrected chi connectivity index (χ2v) is 4.38. The van der Waals surface area contributed by atoms with Crippen molar-refractivity contribution >= 4 is 11.5 Å². The third kappa shape index (κ3) is 2.21. The number of pyridine rings is 1. The van der Waals surface area contributed by atoms with Crippen molar-refractivity contribution in [1.82, 2.24) is 4.98 Å². The third-order valence-electron chi connectivity index (χ3n) is 2.70. The summed E-state index contributed by atoms with van der Waals surface area (Å²) in [5.74, 6) is 0.767. The largest absolute Gasteiger partial charge is 0.396 e. The topological polar surface area (TPSA) is 60.2 Å². The van der Waals surface area contributed by atoms with E-state index in [1.807, 2.05) is 19.1 Å². The summed E-state index contributed by atoms with van der Waals surface area (Å²) in [4.78, 5) is 4.39. The Kier molecular flexibility index (Phi) is 2.52. The molecule has 3 N–H and O–H groups in total. The van der Waals surface area contributed by atoms with Gasteiger partial charge in [0, 0.05) is 12.3 Å². The molecule has 1 saturated heterocycles. The highest BCUT2D eigenvalue weighted by Crippen LogP contribution is 2.25. The molecule has 1 unspecified atom stereocenters. The summed E-state index contributed by atoms with van der Waals surface area (Å²) in [5, 5.41) is 3.37. The van der Waals surface area contributed by atoms with Crippen LogP contribution in [0.15, 0.2) is 12.1 Å². The molecular formula is C11H17N3O. The molecule has 0 saturated carbocycles. The van der Waals surface area contributed by atoms with Crippen molar-refractivity contribution < 1.29 is 4.74 Å². The van der Waals surface area contributed by atoms with E-state index in [0.29, 0.717) is 12.3 Å². The molecule has 0 amide bonds. The molecule has 2 heterocycles. The van der Waals surface area contributed by atoms with Crippen LogP contribution in [0.5, 0.6) is 0 Å². The molecule has 0 spiro atoms. The molecule has 1 aliphatic heterocycles. The predicted octanol–water partition coefficient (Wildman–Crippen LogP) is 1.56. The maximum absolute atomic E-state index is 5.86. The van der Waals surface area contributed by atoms with Crippen LogP contribution >= 0.6 is 0 Å². The summed E-state index contributed by atoms with van der Waals surface area (Å²) < 4.78 is 5.37. The fraction of sp³-hybridized carbons (Fsp3) is 0.545. The number of aromatic nitrogens is 1. The van der Waals surface area contributed by atoms with E-state index in [9.17, 15) is 0 Å². The average Bonchev–Trinajstić information content (AvgIpc) is 2.59. The molecule has 1 atom stereocenters. The minimum Gasteiger partial charge on any atom is -0.396 e. The Labute approximate surface area is 89.8 Å². The lowest BCUT2D eigenvalue weighted by Crippen LogP contribution is -2.35. The molecule has 0 aromatic carbocycles. The fourth-order valence-corrected chi connectivity index (χ4v) is 1.72. The van der Waals surface area contributed by atoms with Gasteiger partial charge in [0.05, 0.1) is 17.8 Å². The van der Waals surface area contributed by atoms with Crippen LogP contribution in [0, 0.1) is 6.92 Å². The minimum absolute atomic E-state index is 0.0328. The molecular weight excluding hydrogens is 190 g/mol. The van der Waals surface area contributed by atoms with Gasteiger partial charge in [-0.05, 0) is 32.4 Å². The van der Waals surface area contributed by atoms with Crippen LogP contribution in [0.2, 0.25) is 0 Å². The molecule has 1 aliphatic rings. The van der Waals surface area contributed by atoms with E-state index >= 15 is 0 Å². The van der Waals surface area contributed by atoms with Crippen LogP contribution in [-0.2, 0) is 4.74 Å². The zero-order valence-electron chi connectivity index (χ0n) is 9.21. The van der Waals surface area contributed by atoms with Gasteiger partial charge in [0.25, 0.3) is 0 Å². The zero-order valence-corrected chi connectivity index (χ0v) is 9.21. The van der Waals surface area contributed by atoms with Gasteiger partial charge in [0.2, 0.25) is 0 Å². The molecule has 1 aromatic heterocycles. The Bertz CT molecular complexity index is 359. The number of rotatable bonds is 2. The normalized spacial score (nSPS) is 25.5. The Morgan fingerprint density at radius 2 is 2.33 bits per heavy atom. The second kappa shape index (κ2) is 3.70. The second-order valence-electron chi connectivity index (χ2n) is 4.38. The van der Waals surface area contributed by atoms with Gasteiger partial charge in [-0.3, -0.25) is 0 Å². The van der Waals surface area contributed by atoms with E-state index in [1.165, 1.54) is 0 Å². The average molecular weight is 207 g/mol. The monoisotopic (exact) mass is 207 g/mol. The van der Waals surface area contributed by atoms with Gasteiger partial charge in [-0.25, -0.2) is 4.98 Å². The van der Waals surface area contributed by atoms with Crippen molar-refractivity contribution in [3.05, 3.63) is 17.8 Å². The molecule has 15 heavy (non-hydrogen) atoms. The lowest BCUT2D eigenvalue weighted by atomic mass is 10.0. The number of hydrogen-bond acceptors (Lipinski definition) is 4. The van der Waals surface area contributed by atoms with Crippen LogP contribution in [0.4, 0.5) is 11.5 Å². The SMILES string of the molecule is Cc1ccc(N)c(NC2(C)CCOC2)n1. The van der Waals surface area contributed by atoms with Crippen LogP contribution in [0.25, 0.3) is 0 Å². The van der Waals surface area contributed by atoms with E-state index in [1.54, 1.807) is 0 Å². The summed E-state index contributed by atoms with van der Waals surface area (Å²) in [7, 11) is 0. The predicted molar refractivity (Wildman–Crippen MR) is 60.9 cm³/mol. The molecule has 0 radical (unpaired) electrons. The number of ether oxygens (including phenoxy) is 1. The molecule has 2 rings (SSSR count). The van der Waals surface area contributed by atoms with Crippen molar-refractivity contribution in [3.8, 4) is 0 Å². The van der Waals surface area contributed by atoms with E-state index < -0.39 is 0 Å². The van der Waals surface area contributed by atoms with E-state index in [2.05, 4.69) is 17.2 Å². The quantitative estimate of drug-likeness (QED) is 0.772. The maximum atomic E-state index is 5.86. The summed E-state index contributed by atoms with van der Waals surface area (Å²) in [6, 6.07) is 3.79. The van der Waals surface area contributed by atoms with Crippen molar-refractivity contribution in [2.45, 2.75) is 25.8 Å². The van der Waals surface area contributed by atoms with Crippen LogP contribution in [0.3, 0.4) is 0 Å². The molecule has 1 fully saturated rings. The highest BCUT2D eigenvalue weighted by atomic mass is 16.5. The highest BCUT2D eigenvalue weighted by Gasteiger charge is 2.30. The Hall–Kier alpha value is -1.29. The van der Waals surface area contributed by atoms with Crippen molar-refractivity contribution in [2.24, 2.45) is 0 Å². The van der Waals surface area contributed by atoms with Crippen molar-refractivity contribution in [3.63, 3.8) is 0 Å². The fourth-order valence-electron chi connectivity index (χ4n) is 1.72. The molecule has 82 valence electrons. The van der Waals surface area contributed by atoms with E-state index in [4.69, 9.17) is 10.5 Å². The van der Waals surface area contributed by atoms with Gasteiger partial charge in [-0.15, -0.1) is 0 Å². The summed E-state index contributed by atoms with van der Waals surface area (Å²) in [6.07, 6.45) is 0.988. The number of anilines is 2. The van der Waals surface area contributed by atoms with Gasteiger partial charge in [0.1, 0.15) is 5.82 Å². The number of nitrogens with zero attached hydrogens (tertiary/aromatic N) is 1. The lowest BCUT2D eigenvalue weighted by Gasteiger charge is -2.25. The number of hydrogen-bond donors (Lipinski definition) is 2.